The van der Waals surface area contributed by atoms with Crippen LogP contribution in [0.3, 0.4) is 0 Å². The van der Waals surface area contributed by atoms with E-state index in [9.17, 15) is 0 Å². The van der Waals surface area contributed by atoms with Crippen molar-refractivity contribution < 1.29 is 0 Å². The molecule has 1 fully saturated rings. The molecule has 1 aromatic rings. The average molecular weight is 244 g/mol. The van der Waals surface area contributed by atoms with Gasteiger partial charge < -0.3 is 5.32 Å². The van der Waals surface area contributed by atoms with E-state index in [2.05, 4.69) is 48.1 Å². The second-order valence-corrected chi connectivity index (χ2v) is 5.23. The van der Waals surface area contributed by atoms with Crippen molar-refractivity contribution in [3.63, 3.8) is 0 Å². The molecule has 0 amide bonds. The summed E-state index contributed by atoms with van der Waals surface area (Å²) in [4.78, 5) is 2.29. The van der Waals surface area contributed by atoms with E-state index in [0.29, 0.717) is 0 Å². The lowest BCUT2D eigenvalue weighted by Gasteiger charge is -2.17. The fraction of sp³-hybridized carbons (Fsp3) is 0.500. The molecule has 18 heavy (non-hydrogen) atoms. The molecule has 1 saturated carbocycles. The first-order valence-electron chi connectivity index (χ1n) is 6.89. The number of nitrogens with zero attached hydrogens (tertiary/aromatic N) is 1. The largest absolute Gasteiger partial charge is 0.314 e. The Hall–Kier alpha value is -1.12. The number of benzene rings is 1. The molecule has 0 heterocycles. The third-order valence-electron chi connectivity index (χ3n) is 3.40. The smallest absolute Gasteiger partial charge is 0.0236 e. The normalized spacial score (nSPS) is 15.0. The fourth-order valence-corrected chi connectivity index (χ4v) is 2.23. The van der Waals surface area contributed by atoms with Crippen molar-refractivity contribution >= 4 is 0 Å². The topological polar surface area (TPSA) is 15.3 Å². The number of hydrogen-bond donors (Lipinski definition) is 1. The van der Waals surface area contributed by atoms with Crippen LogP contribution in [-0.2, 0) is 13.0 Å². The second-order valence-electron chi connectivity index (χ2n) is 5.23. The predicted molar refractivity (Wildman–Crippen MR) is 77.7 cm³/mol. The Labute approximate surface area is 111 Å². The van der Waals surface area contributed by atoms with Gasteiger partial charge in [0.1, 0.15) is 0 Å². The van der Waals surface area contributed by atoms with Crippen molar-refractivity contribution in [1.82, 2.24) is 10.2 Å². The summed E-state index contributed by atoms with van der Waals surface area (Å²) in [6.07, 6.45) is 5.82. The third-order valence-corrected chi connectivity index (χ3v) is 3.40. The highest BCUT2D eigenvalue weighted by Crippen LogP contribution is 2.19. The van der Waals surface area contributed by atoms with Crippen LogP contribution in [0.1, 0.15) is 24.0 Å². The summed E-state index contributed by atoms with van der Waals surface area (Å²) >= 11 is 0. The van der Waals surface area contributed by atoms with Gasteiger partial charge in [-0.3, -0.25) is 4.90 Å². The molecule has 1 aliphatic rings. The third kappa shape index (κ3) is 4.28. The van der Waals surface area contributed by atoms with E-state index in [1.807, 2.05) is 6.08 Å². The summed E-state index contributed by atoms with van der Waals surface area (Å²) in [5, 5.41) is 3.58. The van der Waals surface area contributed by atoms with Crippen LogP contribution in [-0.4, -0.2) is 31.1 Å². The molecule has 1 aliphatic carbocycles. The van der Waals surface area contributed by atoms with Gasteiger partial charge >= 0.3 is 0 Å². The highest BCUT2D eigenvalue weighted by atomic mass is 15.1. The van der Waals surface area contributed by atoms with Crippen molar-refractivity contribution in [2.24, 2.45) is 0 Å². The Kier molecular flexibility index (Phi) is 4.97. The Bertz CT molecular complexity index is 382. The van der Waals surface area contributed by atoms with E-state index < -0.39 is 0 Å². The van der Waals surface area contributed by atoms with Crippen LogP contribution < -0.4 is 5.32 Å². The Morgan fingerprint density at radius 3 is 2.72 bits per heavy atom. The van der Waals surface area contributed by atoms with Gasteiger partial charge in [0.25, 0.3) is 0 Å². The van der Waals surface area contributed by atoms with E-state index in [-0.39, 0.29) is 0 Å². The van der Waals surface area contributed by atoms with E-state index in [1.54, 1.807) is 0 Å². The lowest BCUT2D eigenvalue weighted by Crippen LogP contribution is -2.21. The maximum atomic E-state index is 3.79. The van der Waals surface area contributed by atoms with Crippen LogP contribution >= 0.6 is 0 Å². The van der Waals surface area contributed by atoms with Gasteiger partial charge in [-0.15, -0.1) is 6.58 Å². The number of hydrogen-bond acceptors (Lipinski definition) is 2. The minimum Gasteiger partial charge on any atom is -0.314 e. The van der Waals surface area contributed by atoms with Crippen LogP contribution in [0.15, 0.2) is 36.9 Å². The molecule has 0 radical (unpaired) electrons. The molecule has 1 N–H and O–H groups in total. The van der Waals surface area contributed by atoms with Gasteiger partial charge in [0.2, 0.25) is 0 Å². The zero-order chi connectivity index (χ0) is 12.8. The van der Waals surface area contributed by atoms with Crippen molar-refractivity contribution in [3.05, 3.63) is 48.0 Å². The number of rotatable bonds is 8. The molecule has 2 rings (SSSR count). The summed E-state index contributed by atoms with van der Waals surface area (Å²) in [6.45, 7) is 6.84. The average Bonchev–Trinajstić information content (AvgIpc) is 3.16. The quantitative estimate of drug-likeness (QED) is 0.707. The predicted octanol–water partition coefficient (Wildman–Crippen LogP) is 2.60. The van der Waals surface area contributed by atoms with Crippen molar-refractivity contribution in [2.75, 3.05) is 20.1 Å². The highest BCUT2D eigenvalue weighted by molar-refractivity contribution is 5.27. The fourth-order valence-electron chi connectivity index (χ4n) is 2.23. The molecule has 0 aliphatic heterocycles. The van der Waals surface area contributed by atoms with Crippen molar-refractivity contribution in [2.45, 2.75) is 31.8 Å². The van der Waals surface area contributed by atoms with E-state index in [0.717, 1.165) is 32.1 Å². The van der Waals surface area contributed by atoms with Gasteiger partial charge in [-0.05, 0) is 44.0 Å². The van der Waals surface area contributed by atoms with Gasteiger partial charge in [-0.25, -0.2) is 0 Å². The molecule has 2 heteroatoms. The van der Waals surface area contributed by atoms with E-state index >= 15 is 0 Å². The van der Waals surface area contributed by atoms with Gasteiger partial charge in [0.05, 0.1) is 0 Å². The molecule has 0 saturated heterocycles. The first-order chi connectivity index (χ1) is 8.79. The monoisotopic (exact) mass is 244 g/mol. The minimum absolute atomic E-state index is 0.806. The van der Waals surface area contributed by atoms with Crippen LogP contribution in [0.4, 0.5) is 0 Å². The molecule has 98 valence electrons. The molecule has 0 atom stereocenters. The number of likely N-dealkylation sites (N-methyl/N-ethyl adjacent to an activating group) is 1. The summed E-state index contributed by atoms with van der Waals surface area (Å²) in [5.41, 5.74) is 2.92. The van der Waals surface area contributed by atoms with Gasteiger partial charge in [0, 0.05) is 19.1 Å². The van der Waals surface area contributed by atoms with Gasteiger partial charge in [-0.1, -0.05) is 30.3 Å². The zero-order valence-electron chi connectivity index (χ0n) is 11.4. The number of nitrogens with one attached hydrogen (secondary N) is 1. The second kappa shape index (κ2) is 6.72. The van der Waals surface area contributed by atoms with Gasteiger partial charge in [-0.2, -0.15) is 0 Å². The summed E-state index contributed by atoms with van der Waals surface area (Å²) in [5.74, 6) is 0. The van der Waals surface area contributed by atoms with Crippen LogP contribution in [0, 0.1) is 0 Å². The van der Waals surface area contributed by atoms with E-state index in [1.165, 1.54) is 24.0 Å². The molecule has 1 aromatic carbocycles. The SMILES string of the molecule is C=CCN(C)Cc1ccccc1CCNC1CC1. The Morgan fingerprint density at radius 2 is 2.06 bits per heavy atom. The maximum absolute atomic E-state index is 3.79. The van der Waals surface area contributed by atoms with Crippen LogP contribution in [0.25, 0.3) is 0 Å². The Balaban J connectivity index is 1.88. The molecular formula is C16H24N2. The minimum atomic E-state index is 0.806. The lowest BCUT2D eigenvalue weighted by molar-refractivity contribution is 0.362. The Morgan fingerprint density at radius 1 is 1.33 bits per heavy atom. The maximum Gasteiger partial charge on any atom is 0.0236 e. The zero-order valence-corrected chi connectivity index (χ0v) is 11.4. The van der Waals surface area contributed by atoms with Crippen LogP contribution in [0.2, 0.25) is 0 Å². The first-order valence-corrected chi connectivity index (χ1v) is 6.89. The van der Waals surface area contributed by atoms with E-state index in [4.69, 9.17) is 0 Å². The van der Waals surface area contributed by atoms with Crippen molar-refractivity contribution in [3.8, 4) is 0 Å². The lowest BCUT2D eigenvalue weighted by atomic mass is 10.0. The molecule has 0 unspecified atom stereocenters. The standard InChI is InChI=1S/C16H24N2/c1-3-12-18(2)13-15-7-5-4-6-14(15)10-11-17-16-8-9-16/h3-7,16-17H,1,8-13H2,2H3. The van der Waals surface area contributed by atoms with Crippen LogP contribution in [0.5, 0.6) is 0 Å². The first kappa shape index (κ1) is 13.3. The molecular weight excluding hydrogens is 220 g/mol. The summed E-state index contributed by atoms with van der Waals surface area (Å²) in [7, 11) is 2.14. The molecule has 0 aromatic heterocycles. The molecule has 0 bridgehead atoms. The molecule has 2 nitrogen and oxygen atoms in total. The van der Waals surface area contributed by atoms with Crippen molar-refractivity contribution in [1.29, 1.82) is 0 Å². The summed E-state index contributed by atoms with van der Waals surface area (Å²) in [6, 6.07) is 9.58. The van der Waals surface area contributed by atoms with Gasteiger partial charge in [0.15, 0.2) is 0 Å². The molecule has 0 spiro atoms. The highest BCUT2D eigenvalue weighted by Gasteiger charge is 2.19. The summed E-state index contributed by atoms with van der Waals surface area (Å²) < 4.78 is 0.